The summed E-state index contributed by atoms with van der Waals surface area (Å²) < 4.78 is 12.3. The van der Waals surface area contributed by atoms with Crippen LogP contribution in [0.1, 0.15) is 28.8 Å². The Hall–Kier alpha value is -1.27. The van der Waals surface area contributed by atoms with Gasteiger partial charge in [-0.05, 0) is 48.1 Å². The Bertz CT molecular complexity index is 667. The minimum Gasteiger partial charge on any atom is -0.373 e. The summed E-state index contributed by atoms with van der Waals surface area (Å²) in [5, 5.41) is 2.18. The maximum atomic E-state index is 6.14. The van der Waals surface area contributed by atoms with Crippen LogP contribution in [0.5, 0.6) is 0 Å². The molecule has 4 nitrogen and oxygen atoms in total. The van der Waals surface area contributed by atoms with E-state index in [0.717, 1.165) is 39.1 Å². The second-order valence-corrected chi connectivity index (χ2v) is 7.99. The van der Waals surface area contributed by atoms with Crippen molar-refractivity contribution in [1.29, 1.82) is 0 Å². The van der Waals surface area contributed by atoms with Crippen molar-refractivity contribution < 1.29 is 9.47 Å². The fourth-order valence-electron chi connectivity index (χ4n) is 3.69. The normalized spacial score (nSPS) is 23.3. The number of pyridine rings is 1. The highest BCUT2D eigenvalue weighted by Gasteiger charge is 2.47. The van der Waals surface area contributed by atoms with Crippen LogP contribution in [0.3, 0.4) is 0 Å². The summed E-state index contributed by atoms with van der Waals surface area (Å²) in [5.41, 5.74) is 2.62. The molecule has 1 atom stereocenters. The molecular weight excluding hydrogens is 320 g/mol. The number of aromatic nitrogens is 1. The van der Waals surface area contributed by atoms with Crippen molar-refractivity contribution in [3.63, 3.8) is 0 Å². The first-order valence-corrected chi connectivity index (χ1v) is 9.50. The van der Waals surface area contributed by atoms with Gasteiger partial charge < -0.3 is 9.47 Å². The maximum absolute atomic E-state index is 6.14. The fourth-order valence-corrected chi connectivity index (χ4v) is 4.64. The Morgan fingerprint density at radius 2 is 2.17 bits per heavy atom. The van der Waals surface area contributed by atoms with Gasteiger partial charge in [0.25, 0.3) is 0 Å². The molecule has 24 heavy (non-hydrogen) atoms. The molecule has 1 spiro atoms. The molecule has 1 unspecified atom stereocenters. The molecule has 0 saturated carbocycles. The van der Waals surface area contributed by atoms with E-state index in [1.54, 1.807) is 0 Å². The first kappa shape index (κ1) is 16.2. The molecule has 0 bridgehead atoms. The lowest BCUT2D eigenvalue weighted by atomic mass is 9.84. The highest BCUT2D eigenvalue weighted by atomic mass is 32.1. The Morgan fingerprint density at radius 3 is 2.92 bits per heavy atom. The van der Waals surface area contributed by atoms with Crippen molar-refractivity contribution in [2.24, 2.45) is 0 Å². The van der Waals surface area contributed by atoms with Crippen LogP contribution in [0.15, 0.2) is 36.0 Å². The van der Waals surface area contributed by atoms with Crippen molar-refractivity contribution in [3.05, 3.63) is 52.0 Å². The second-order valence-electron chi connectivity index (χ2n) is 6.98. The number of hydrogen-bond acceptors (Lipinski definition) is 5. The van der Waals surface area contributed by atoms with Gasteiger partial charge in [-0.25, -0.2) is 0 Å². The summed E-state index contributed by atoms with van der Waals surface area (Å²) in [7, 11) is 0. The molecule has 2 fully saturated rings. The van der Waals surface area contributed by atoms with E-state index in [-0.39, 0.29) is 5.60 Å². The van der Waals surface area contributed by atoms with Gasteiger partial charge in [0, 0.05) is 49.9 Å². The number of rotatable bonds is 5. The van der Waals surface area contributed by atoms with Gasteiger partial charge in [0.2, 0.25) is 0 Å². The number of aryl methyl sites for hydroxylation is 1. The van der Waals surface area contributed by atoms with E-state index in [0.29, 0.717) is 12.7 Å². The van der Waals surface area contributed by atoms with E-state index in [1.807, 2.05) is 35.9 Å². The maximum Gasteiger partial charge on any atom is 0.0959 e. The monoisotopic (exact) mass is 344 g/mol. The van der Waals surface area contributed by atoms with E-state index in [4.69, 9.17) is 9.47 Å². The van der Waals surface area contributed by atoms with Crippen molar-refractivity contribution in [2.45, 2.75) is 44.6 Å². The van der Waals surface area contributed by atoms with Gasteiger partial charge in [0.05, 0.1) is 18.3 Å². The molecule has 2 aliphatic heterocycles. The lowest BCUT2D eigenvalue weighted by Gasteiger charge is -2.53. The molecule has 0 radical (unpaired) electrons. The number of nitrogens with zero attached hydrogens (tertiary/aromatic N) is 2. The highest BCUT2D eigenvalue weighted by molar-refractivity contribution is 7.10. The second kappa shape index (κ2) is 6.92. The molecule has 0 aromatic carbocycles. The van der Waals surface area contributed by atoms with Crippen LogP contribution in [0.4, 0.5) is 0 Å². The van der Waals surface area contributed by atoms with Crippen LogP contribution in [0.25, 0.3) is 0 Å². The molecular formula is C19H24N2O2S. The minimum absolute atomic E-state index is 0.0202. The predicted molar refractivity (Wildman–Crippen MR) is 95.1 cm³/mol. The molecule has 5 heteroatoms. The first-order valence-electron chi connectivity index (χ1n) is 8.62. The third-order valence-electron chi connectivity index (χ3n) is 5.04. The molecule has 2 aliphatic rings. The summed E-state index contributed by atoms with van der Waals surface area (Å²) >= 11 is 1.86. The summed E-state index contributed by atoms with van der Waals surface area (Å²) in [6, 6.07) is 6.24. The summed E-state index contributed by atoms with van der Waals surface area (Å²) in [6.07, 6.45) is 5.95. The zero-order valence-corrected chi connectivity index (χ0v) is 14.9. The molecule has 0 aliphatic carbocycles. The minimum atomic E-state index is 0.0202. The summed E-state index contributed by atoms with van der Waals surface area (Å²) in [5.74, 6) is 0. The van der Waals surface area contributed by atoms with Crippen LogP contribution in [-0.2, 0) is 22.6 Å². The van der Waals surface area contributed by atoms with E-state index in [9.17, 15) is 0 Å². The molecule has 2 saturated heterocycles. The van der Waals surface area contributed by atoms with Gasteiger partial charge >= 0.3 is 0 Å². The van der Waals surface area contributed by atoms with E-state index in [2.05, 4.69) is 28.3 Å². The summed E-state index contributed by atoms with van der Waals surface area (Å²) in [4.78, 5) is 8.02. The lowest BCUT2D eigenvalue weighted by molar-refractivity contribution is -0.200. The zero-order valence-electron chi connectivity index (χ0n) is 14.1. The summed E-state index contributed by atoms with van der Waals surface area (Å²) in [6.45, 7) is 6.78. The lowest BCUT2D eigenvalue weighted by Crippen LogP contribution is -2.65. The first-order chi connectivity index (χ1) is 11.7. The van der Waals surface area contributed by atoms with Crippen LogP contribution < -0.4 is 0 Å². The van der Waals surface area contributed by atoms with Crippen molar-refractivity contribution in [2.75, 3.05) is 19.7 Å². The Morgan fingerprint density at radius 1 is 1.33 bits per heavy atom. The van der Waals surface area contributed by atoms with Gasteiger partial charge in [-0.2, -0.15) is 0 Å². The average Bonchev–Trinajstić information content (AvgIpc) is 2.98. The molecule has 2 aromatic heterocycles. The number of hydrogen-bond donors (Lipinski definition) is 0. The SMILES string of the molecule is Cc1ccsc1CN1CC2(CC(OCc3ccncc3)CCO2)C1. The van der Waals surface area contributed by atoms with E-state index < -0.39 is 0 Å². The van der Waals surface area contributed by atoms with Gasteiger partial charge in [-0.1, -0.05) is 0 Å². The van der Waals surface area contributed by atoms with E-state index >= 15 is 0 Å². The third kappa shape index (κ3) is 3.54. The van der Waals surface area contributed by atoms with Gasteiger partial charge in [0.15, 0.2) is 0 Å². The molecule has 4 heterocycles. The molecule has 0 N–H and O–H groups in total. The molecule has 128 valence electrons. The Balaban J connectivity index is 1.27. The molecule has 2 aromatic rings. The largest absolute Gasteiger partial charge is 0.373 e. The predicted octanol–water partition coefficient (Wildman–Crippen LogP) is 3.40. The van der Waals surface area contributed by atoms with Crippen molar-refractivity contribution in [3.8, 4) is 0 Å². The Kier molecular flexibility index (Phi) is 4.68. The van der Waals surface area contributed by atoms with E-state index in [1.165, 1.54) is 16.0 Å². The third-order valence-corrected chi connectivity index (χ3v) is 6.05. The number of ether oxygens (including phenoxy) is 2. The van der Waals surface area contributed by atoms with Crippen LogP contribution >= 0.6 is 11.3 Å². The van der Waals surface area contributed by atoms with Gasteiger partial charge in [-0.3, -0.25) is 9.88 Å². The Labute approximate surface area is 147 Å². The fraction of sp³-hybridized carbons (Fsp3) is 0.526. The van der Waals surface area contributed by atoms with Crippen molar-refractivity contribution in [1.82, 2.24) is 9.88 Å². The standard InChI is InChI=1S/C19H24N2O2S/c1-15-5-9-24-18(15)11-21-13-19(14-21)10-17(4-8-23-19)22-12-16-2-6-20-7-3-16/h2-3,5-7,9,17H,4,8,10-14H2,1H3. The number of thiophene rings is 1. The molecule has 0 amide bonds. The molecule has 4 rings (SSSR count). The van der Waals surface area contributed by atoms with Crippen LogP contribution in [-0.4, -0.2) is 41.3 Å². The quantitative estimate of drug-likeness (QED) is 0.833. The van der Waals surface area contributed by atoms with Crippen molar-refractivity contribution >= 4 is 11.3 Å². The topological polar surface area (TPSA) is 34.6 Å². The zero-order chi connectivity index (χ0) is 16.4. The number of likely N-dealkylation sites (tertiary alicyclic amines) is 1. The average molecular weight is 344 g/mol. The highest BCUT2D eigenvalue weighted by Crippen LogP contribution is 2.37. The van der Waals surface area contributed by atoms with Crippen LogP contribution in [0, 0.1) is 6.92 Å². The smallest absolute Gasteiger partial charge is 0.0959 e. The van der Waals surface area contributed by atoms with Gasteiger partial charge in [0.1, 0.15) is 0 Å². The van der Waals surface area contributed by atoms with Gasteiger partial charge in [-0.15, -0.1) is 11.3 Å². The van der Waals surface area contributed by atoms with Crippen LogP contribution in [0.2, 0.25) is 0 Å².